The van der Waals surface area contributed by atoms with E-state index in [1.165, 1.54) is 4.90 Å². The number of imide groups is 1. The fourth-order valence-corrected chi connectivity index (χ4v) is 1.96. The average molecular weight is 227 g/mol. The number of rotatable bonds is 5. The highest BCUT2D eigenvalue weighted by Gasteiger charge is 2.41. The Kier molecular flexibility index (Phi) is 4.47. The van der Waals surface area contributed by atoms with Gasteiger partial charge in [0.15, 0.2) is 0 Å². The number of aliphatic hydroxyl groups is 1. The summed E-state index contributed by atoms with van der Waals surface area (Å²) in [6.45, 7) is 5.86. The van der Waals surface area contributed by atoms with Crippen LogP contribution in [-0.4, -0.2) is 34.5 Å². The van der Waals surface area contributed by atoms with Gasteiger partial charge in [0.1, 0.15) is 0 Å². The molecule has 16 heavy (non-hydrogen) atoms. The molecule has 0 aromatic carbocycles. The second kappa shape index (κ2) is 5.43. The molecule has 4 nitrogen and oxygen atoms in total. The molecular weight excluding hydrogens is 206 g/mol. The van der Waals surface area contributed by atoms with Crippen LogP contribution in [0.15, 0.2) is 0 Å². The van der Waals surface area contributed by atoms with Crippen LogP contribution in [0, 0.1) is 11.8 Å². The Morgan fingerprint density at radius 2 is 1.69 bits per heavy atom. The van der Waals surface area contributed by atoms with Crippen molar-refractivity contribution < 1.29 is 14.7 Å². The monoisotopic (exact) mass is 227 g/mol. The maximum absolute atomic E-state index is 11.7. The van der Waals surface area contributed by atoms with E-state index >= 15 is 0 Å². The lowest BCUT2D eigenvalue weighted by Crippen LogP contribution is -2.31. The van der Waals surface area contributed by atoms with E-state index in [2.05, 4.69) is 0 Å². The van der Waals surface area contributed by atoms with Gasteiger partial charge in [-0.25, -0.2) is 0 Å². The van der Waals surface area contributed by atoms with E-state index in [4.69, 9.17) is 5.11 Å². The fraction of sp³-hybridized carbons (Fsp3) is 0.833. The number of carbonyl (C=O) groups is 2. The van der Waals surface area contributed by atoms with Crippen molar-refractivity contribution in [2.75, 3.05) is 6.54 Å². The van der Waals surface area contributed by atoms with Crippen LogP contribution in [0.4, 0.5) is 0 Å². The first-order valence-electron chi connectivity index (χ1n) is 5.98. The zero-order valence-electron chi connectivity index (χ0n) is 10.3. The van der Waals surface area contributed by atoms with Crippen molar-refractivity contribution in [1.82, 2.24) is 4.90 Å². The van der Waals surface area contributed by atoms with E-state index in [1.807, 2.05) is 0 Å². The van der Waals surface area contributed by atoms with Crippen molar-refractivity contribution in [2.45, 2.75) is 46.1 Å². The smallest absolute Gasteiger partial charge is 0.232 e. The van der Waals surface area contributed by atoms with Crippen molar-refractivity contribution in [3.8, 4) is 0 Å². The molecule has 1 rings (SSSR count). The lowest BCUT2D eigenvalue weighted by atomic mass is 10.00. The van der Waals surface area contributed by atoms with Gasteiger partial charge >= 0.3 is 0 Å². The molecule has 1 N–H and O–H groups in total. The van der Waals surface area contributed by atoms with Crippen molar-refractivity contribution in [2.24, 2.45) is 11.8 Å². The molecule has 1 aliphatic rings. The highest BCUT2D eigenvalue weighted by Crippen LogP contribution is 2.25. The van der Waals surface area contributed by atoms with Gasteiger partial charge in [0, 0.05) is 18.4 Å². The highest BCUT2D eigenvalue weighted by molar-refractivity contribution is 6.04. The molecule has 3 unspecified atom stereocenters. The molecule has 0 aromatic heterocycles. The maximum atomic E-state index is 11.7. The maximum Gasteiger partial charge on any atom is 0.232 e. The van der Waals surface area contributed by atoms with E-state index in [-0.39, 0.29) is 29.8 Å². The van der Waals surface area contributed by atoms with E-state index in [0.717, 1.165) is 19.3 Å². The largest absolute Gasteiger partial charge is 0.393 e. The third-order valence-corrected chi connectivity index (χ3v) is 3.31. The zero-order chi connectivity index (χ0) is 12.3. The summed E-state index contributed by atoms with van der Waals surface area (Å²) in [6, 6.07) is 0. The topological polar surface area (TPSA) is 57.6 Å². The molecule has 0 saturated carbocycles. The summed E-state index contributed by atoms with van der Waals surface area (Å²) in [6.07, 6.45) is 2.04. The van der Waals surface area contributed by atoms with Crippen LogP contribution in [0.5, 0.6) is 0 Å². The number of unbranched alkanes of at least 4 members (excludes halogenated alkanes) is 1. The molecular formula is C12H21NO3. The summed E-state index contributed by atoms with van der Waals surface area (Å²) < 4.78 is 0. The molecule has 0 aromatic rings. The second-order valence-electron chi connectivity index (χ2n) is 4.75. The van der Waals surface area contributed by atoms with Crippen LogP contribution in [-0.2, 0) is 9.59 Å². The first-order valence-corrected chi connectivity index (χ1v) is 5.98. The Hall–Kier alpha value is -0.900. The summed E-state index contributed by atoms with van der Waals surface area (Å²) in [5, 5.41) is 9.08. The Bertz CT molecular complexity index is 255. The minimum Gasteiger partial charge on any atom is -0.393 e. The van der Waals surface area contributed by atoms with Crippen LogP contribution in [0.1, 0.15) is 40.0 Å². The SMILES string of the molecule is CC(O)CCCCN1C(=O)C(C)C(C)C1=O. The quantitative estimate of drug-likeness (QED) is 0.566. The standard InChI is InChI=1S/C12H21NO3/c1-8(14)6-4-5-7-13-11(15)9(2)10(3)12(13)16/h8-10,14H,4-7H2,1-3H3. The summed E-state index contributed by atoms with van der Waals surface area (Å²) in [5.74, 6) is -0.447. The van der Waals surface area contributed by atoms with Gasteiger partial charge in [-0.15, -0.1) is 0 Å². The normalized spacial score (nSPS) is 27.6. The van der Waals surface area contributed by atoms with Crippen molar-refractivity contribution in [3.05, 3.63) is 0 Å². The lowest BCUT2D eigenvalue weighted by molar-refractivity contribution is -0.139. The van der Waals surface area contributed by atoms with E-state index in [0.29, 0.717) is 6.54 Å². The molecule has 2 amide bonds. The fourth-order valence-electron chi connectivity index (χ4n) is 1.96. The summed E-state index contributed by atoms with van der Waals surface area (Å²) in [7, 11) is 0. The number of nitrogens with zero attached hydrogens (tertiary/aromatic N) is 1. The third-order valence-electron chi connectivity index (χ3n) is 3.31. The Morgan fingerprint density at radius 1 is 1.19 bits per heavy atom. The number of aliphatic hydroxyl groups excluding tert-OH is 1. The van der Waals surface area contributed by atoms with Crippen LogP contribution < -0.4 is 0 Å². The predicted octanol–water partition coefficient (Wildman–Crippen LogP) is 1.18. The predicted molar refractivity (Wildman–Crippen MR) is 60.6 cm³/mol. The first kappa shape index (κ1) is 13.2. The molecule has 3 atom stereocenters. The van der Waals surface area contributed by atoms with Gasteiger partial charge in [-0.1, -0.05) is 13.8 Å². The molecule has 0 aliphatic carbocycles. The van der Waals surface area contributed by atoms with Gasteiger partial charge in [0.05, 0.1) is 6.10 Å². The van der Waals surface area contributed by atoms with E-state index in [9.17, 15) is 9.59 Å². The molecule has 0 spiro atoms. The minimum absolute atomic E-state index is 0.0467. The molecule has 92 valence electrons. The van der Waals surface area contributed by atoms with E-state index in [1.54, 1.807) is 20.8 Å². The number of hydrogen-bond donors (Lipinski definition) is 1. The molecule has 4 heteroatoms. The molecule has 0 radical (unpaired) electrons. The van der Waals surface area contributed by atoms with Gasteiger partial charge in [-0.05, 0) is 26.2 Å². The summed E-state index contributed by atoms with van der Waals surface area (Å²) >= 11 is 0. The lowest BCUT2D eigenvalue weighted by Gasteiger charge is -2.14. The molecule has 1 fully saturated rings. The van der Waals surface area contributed by atoms with E-state index < -0.39 is 0 Å². The van der Waals surface area contributed by atoms with Gasteiger partial charge in [-0.3, -0.25) is 14.5 Å². The van der Waals surface area contributed by atoms with Crippen LogP contribution in [0.3, 0.4) is 0 Å². The number of amides is 2. The Labute approximate surface area is 96.6 Å². The number of carbonyl (C=O) groups excluding carboxylic acids is 2. The highest BCUT2D eigenvalue weighted by atomic mass is 16.3. The minimum atomic E-state index is -0.303. The van der Waals surface area contributed by atoms with Gasteiger partial charge in [0.25, 0.3) is 0 Å². The van der Waals surface area contributed by atoms with Gasteiger partial charge < -0.3 is 5.11 Å². The Balaban J connectivity index is 2.37. The van der Waals surface area contributed by atoms with Crippen LogP contribution in [0.2, 0.25) is 0 Å². The molecule has 0 bridgehead atoms. The molecule has 1 heterocycles. The van der Waals surface area contributed by atoms with Crippen molar-refractivity contribution >= 4 is 11.8 Å². The molecule has 1 aliphatic heterocycles. The first-order chi connectivity index (χ1) is 7.45. The molecule has 1 saturated heterocycles. The van der Waals surface area contributed by atoms with Crippen molar-refractivity contribution in [1.29, 1.82) is 0 Å². The summed E-state index contributed by atoms with van der Waals surface area (Å²) in [5.41, 5.74) is 0. The van der Waals surface area contributed by atoms with Crippen LogP contribution in [0.25, 0.3) is 0 Å². The van der Waals surface area contributed by atoms with Gasteiger partial charge in [-0.2, -0.15) is 0 Å². The number of likely N-dealkylation sites (tertiary alicyclic amines) is 1. The van der Waals surface area contributed by atoms with Crippen LogP contribution >= 0.6 is 0 Å². The Morgan fingerprint density at radius 3 is 2.12 bits per heavy atom. The third kappa shape index (κ3) is 2.82. The summed E-state index contributed by atoms with van der Waals surface area (Å²) in [4.78, 5) is 24.8. The second-order valence-corrected chi connectivity index (χ2v) is 4.75. The average Bonchev–Trinajstić information content (AvgIpc) is 2.40. The van der Waals surface area contributed by atoms with Gasteiger partial charge in [0.2, 0.25) is 11.8 Å². The van der Waals surface area contributed by atoms with Crippen molar-refractivity contribution in [3.63, 3.8) is 0 Å². The number of hydrogen-bond acceptors (Lipinski definition) is 3. The zero-order valence-corrected chi connectivity index (χ0v) is 10.3.